The van der Waals surface area contributed by atoms with Gasteiger partial charge in [0, 0.05) is 12.1 Å². The first-order chi connectivity index (χ1) is 11.7. The van der Waals surface area contributed by atoms with E-state index in [1.54, 1.807) is 54.8 Å². The molecule has 26 heavy (non-hydrogen) atoms. The molecule has 0 spiro atoms. The monoisotopic (exact) mass is 362 g/mol. The Morgan fingerprint density at radius 1 is 1.00 bits per heavy atom. The summed E-state index contributed by atoms with van der Waals surface area (Å²) in [6, 6.07) is 4.38. The van der Waals surface area contributed by atoms with Crippen molar-refractivity contribution in [3.63, 3.8) is 0 Å². The van der Waals surface area contributed by atoms with Crippen molar-refractivity contribution in [3.05, 3.63) is 34.9 Å². The molecule has 6 nitrogen and oxygen atoms in total. The molecule has 2 N–H and O–H groups in total. The van der Waals surface area contributed by atoms with Gasteiger partial charge in [0.2, 0.25) is 6.29 Å². The van der Waals surface area contributed by atoms with Crippen molar-refractivity contribution in [2.75, 3.05) is 6.54 Å². The fourth-order valence-electron chi connectivity index (χ4n) is 2.27. The molecule has 0 aromatic heterocycles. The number of nitrogens with two attached hydrogens (primary N) is 1. The van der Waals surface area contributed by atoms with Crippen LogP contribution in [0.25, 0.3) is 0 Å². The van der Waals surface area contributed by atoms with Crippen LogP contribution >= 0.6 is 0 Å². The Labute approximate surface area is 155 Å². The number of carbonyl (C=O) groups is 2. The highest BCUT2D eigenvalue weighted by Crippen LogP contribution is 2.30. The van der Waals surface area contributed by atoms with Gasteiger partial charge in [-0.15, -0.1) is 0 Å². The van der Waals surface area contributed by atoms with E-state index >= 15 is 0 Å². The lowest BCUT2D eigenvalue weighted by atomic mass is 9.79. The van der Waals surface area contributed by atoms with Crippen molar-refractivity contribution < 1.29 is 23.9 Å². The Morgan fingerprint density at radius 3 is 1.96 bits per heavy atom. The topological polar surface area (TPSA) is 95.7 Å². The van der Waals surface area contributed by atoms with Gasteiger partial charge in [0.1, 0.15) is 16.6 Å². The van der Waals surface area contributed by atoms with Crippen LogP contribution in [0.2, 0.25) is 0 Å². The van der Waals surface area contributed by atoms with Gasteiger partial charge in [0.25, 0.3) is 0 Å². The number of rotatable bonds is 5. The predicted molar refractivity (Wildman–Crippen MR) is 98.7 cm³/mol. The summed E-state index contributed by atoms with van der Waals surface area (Å²) in [7, 11) is 0. The quantitative estimate of drug-likeness (QED) is 0.809. The van der Waals surface area contributed by atoms with Crippen molar-refractivity contribution in [3.8, 4) is 0 Å². The van der Waals surface area contributed by atoms with Gasteiger partial charge in [0.05, 0.1) is 5.56 Å². The maximum absolute atomic E-state index is 12.7. The highest BCUT2D eigenvalue weighted by atomic mass is 16.6. The lowest BCUT2D eigenvalue weighted by molar-refractivity contribution is -0.161. The van der Waals surface area contributed by atoms with Crippen LogP contribution in [0.1, 0.15) is 70.0 Å². The van der Waals surface area contributed by atoms with E-state index in [4.69, 9.17) is 15.2 Å². The number of esters is 2. The van der Waals surface area contributed by atoms with Gasteiger partial charge in [-0.05, 0) is 66.2 Å². The van der Waals surface area contributed by atoms with E-state index in [0.29, 0.717) is 5.56 Å². The molecule has 1 atom stereocenters. The largest absolute Gasteiger partial charge is 0.459 e. The summed E-state index contributed by atoms with van der Waals surface area (Å²) in [6.45, 7) is 12.0. The second kappa shape index (κ2) is 7.58. The molecule has 0 bridgehead atoms. The van der Waals surface area contributed by atoms with Gasteiger partial charge in [-0.3, -0.25) is 9.59 Å². The summed E-state index contributed by atoms with van der Waals surface area (Å²) in [5, 5.41) is 0. The van der Waals surface area contributed by atoms with Gasteiger partial charge in [-0.1, -0.05) is 6.07 Å². The van der Waals surface area contributed by atoms with Crippen LogP contribution in [-0.2, 0) is 24.5 Å². The normalized spacial score (nSPS) is 14.3. The van der Waals surface area contributed by atoms with E-state index in [2.05, 4.69) is 0 Å². The molecule has 0 aliphatic heterocycles. The molecule has 0 aliphatic rings. The zero-order valence-corrected chi connectivity index (χ0v) is 16.6. The van der Waals surface area contributed by atoms with Crippen LogP contribution < -0.4 is 5.73 Å². The zero-order valence-electron chi connectivity index (χ0n) is 16.6. The van der Waals surface area contributed by atoms with Crippen LogP contribution in [0.4, 0.5) is 0 Å². The van der Waals surface area contributed by atoms with Crippen molar-refractivity contribution in [1.29, 1.82) is 0 Å². The summed E-state index contributed by atoms with van der Waals surface area (Å²) in [6.07, 6.45) is 1.79. The average molecular weight is 362 g/mol. The minimum Gasteiger partial charge on any atom is -0.459 e. The molecule has 1 aromatic rings. The minimum atomic E-state index is -1.24. The second-order valence-electron chi connectivity index (χ2n) is 8.40. The van der Waals surface area contributed by atoms with Crippen molar-refractivity contribution in [1.82, 2.24) is 0 Å². The number of carbonyl (C=O) groups excluding carboxylic acids is 3. The molecule has 1 rings (SSSR count). The molecule has 1 unspecified atom stereocenters. The van der Waals surface area contributed by atoms with E-state index in [1.165, 1.54) is 18.2 Å². The van der Waals surface area contributed by atoms with Crippen LogP contribution in [0.5, 0.6) is 0 Å². The summed E-state index contributed by atoms with van der Waals surface area (Å²) < 4.78 is 10.8. The van der Waals surface area contributed by atoms with Gasteiger partial charge in [-0.25, -0.2) is 4.79 Å². The highest BCUT2D eigenvalue weighted by Gasteiger charge is 2.39. The van der Waals surface area contributed by atoms with Crippen LogP contribution in [0, 0.1) is 0 Å². The van der Waals surface area contributed by atoms with Crippen molar-refractivity contribution in [2.45, 2.75) is 65.1 Å². The summed E-state index contributed by atoms with van der Waals surface area (Å²) in [5.41, 5.74) is 3.87. The zero-order chi connectivity index (χ0) is 20.3. The molecule has 0 aliphatic carbocycles. The fraction of sp³-hybridized carbons (Fsp3) is 0.550. The average Bonchev–Trinajstić information content (AvgIpc) is 2.50. The molecule has 0 saturated heterocycles. The molecule has 0 heterocycles. The first-order valence-electron chi connectivity index (χ1n) is 8.43. The smallest absolute Gasteiger partial charge is 0.338 e. The molecular formula is C20H28NO5. The maximum atomic E-state index is 12.7. The molecule has 1 aromatic carbocycles. The summed E-state index contributed by atoms with van der Waals surface area (Å²) in [5.74, 6) is -1.11. The minimum absolute atomic E-state index is 0.0671. The Balaban J connectivity index is 3.33. The molecule has 1 radical (unpaired) electrons. The van der Waals surface area contributed by atoms with E-state index in [9.17, 15) is 14.4 Å². The lowest BCUT2D eigenvalue weighted by Crippen LogP contribution is -2.45. The van der Waals surface area contributed by atoms with Gasteiger partial charge < -0.3 is 15.2 Å². The predicted octanol–water partition coefficient (Wildman–Crippen LogP) is 2.66. The number of hydrogen-bond acceptors (Lipinski definition) is 6. The molecule has 0 fully saturated rings. The SMILES string of the molecule is CC(C)(C)OC(=O)c1ccc(C(C)(CN)C(=O)OC(C)(C)C)c([C]=O)c1. The third-order valence-electron chi connectivity index (χ3n) is 3.62. The first-order valence-corrected chi connectivity index (χ1v) is 8.43. The third kappa shape index (κ3) is 5.39. The molecular weight excluding hydrogens is 334 g/mol. The second-order valence-corrected chi connectivity index (χ2v) is 8.40. The van der Waals surface area contributed by atoms with E-state index < -0.39 is 28.6 Å². The third-order valence-corrected chi connectivity index (χ3v) is 3.62. The fourth-order valence-corrected chi connectivity index (χ4v) is 2.27. The van der Waals surface area contributed by atoms with Gasteiger partial charge >= 0.3 is 11.9 Å². The van der Waals surface area contributed by atoms with E-state index in [-0.39, 0.29) is 17.7 Å². The Kier molecular flexibility index (Phi) is 6.36. The Morgan fingerprint density at radius 2 is 1.54 bits per heavy atom. The molecule has 143 valence electrons. The molecule has 0 saturated carbocycles. The molecule has 6 heteroatoms. The molecule has 0 amide bonds. The Hall–Kier alpha value is -2.21. The van der Waals surface area contributed by atoms with Crippen LogP contribution in [0.15, 0.2) is 18.2 Å². The van der Waals surface area contributed by atoms with E-state index in [0.717, 1.165) is 0 Å². The van der Waals surface area contributed by atoms with Crippen LogP contribution in [-0.4, -0.2) is 36.0 Å². The standard InChI is InChI=1S/C20H28NO5/c1-18(2,3)25-16(23)13-8-9-15(14(10-13)11-22)20(7,12-21)17(24)26-19(4,5)6/h8-10H,12,21H2,1-7H3. The highest BCUT2D eigenvalue weighted by molar-refractivity contribution is 5.94. The number of hydrogen-bond donors (Lipinski definition) is 1. The van der Waals surface area contributed by atoms with Gasteiger partial charge in [-0.2, -0.15) is 0 Å². The first kappa shape index (κ1) is 21.8. The summed E-state index contributed by atoms with van der Waals surface area (Å²) in [4.78, 5) is 36.4. The maximum Gasteiger partial charge on any atom is 0.338 e. The summed E-state index contributed by atoms with van der Waals surface area (Å²) >= 11 is 0. The Bertz CT molecular complexity index is 697. The van der Waals surface area contributed by atoms with E-state index in [1.807, 2.05) is 0 Å². The van der Waals surface area contributed by atoms with Crippen molar-refractivity contribution in [2.24, 2.45) is 5.73 Å². The number of ether oxygens (including phenoxy) is 2. The van der Waals surface area contributed by atoms with Gasteiger partial charge in [0.15, 0.2) is 0 Å². The van der Waals surface area contributed by atoms with Crippen molar-refractivity contribution >= 4 is 18.2 Å². The lowest BCUT2D eigenvalue weighted by Gasteiger charge is -2.31. The number of benzene rings is 1. The van der Waals surface area contributed by atoms with Crippen LogP contribution in [0.3, 0.4) is 0 Å².